The summed E-state index contributed by atoms with van der Waals surface area (Å²) in [6, 6.07) is 0. The number of hydrogen-bond acceptors (Lipinski definition) is 3. The second-order valence-electron chi connectivity index (χ2n) is 6.39. The molecule has 1 fully saturated rings. The van der Waals surface area contributed by atoms with Crippen molar-refractivity contribution >= 4 is 0 Å². The summed E-state index contributed by atoms with van der Waals surface area (Å²) in [7, 11) is 1.89. The fourth-order valence-corrected chi connectivity index (χ4v) is 2.66. The van der Waals surface area contributed by atoms with Gasteiger partial charge in [-0.3, -0.25) is 5.32 Å². The predicted molar refractivity (Wildman–Crippen MR) is 74.4 cm³/mol. The third kappa shape index (κ3) is 6.69. The SMILES string of the molecule is C[N-]CC1CCCC(CNC(O)OC(C)(C)C)C1. The molecule has 0 aromatic rings. The van der Waals surface area contributed by atoms with E-state index in [-0.39, 0.29) is 5.60 Å². The van der Waals surface area contributed by atoms with Crippen LogP contribution in [0.1, 0.15) is 46.5 Å². The number of aliphatic hydroxyl groups excluding tert-OH is 1. The van der Waals surface area contributed by atoms with Crippen LogP contribution in [-0.2, 0) is 4.74 Å². The van der Waals surface area contributed by atoms with Gasteiger partial charge in [-0.05, 0) is 39.5 Å². The highest BCUT2D eigenvalue weighted by Gasteiger charge is 2.21. The Morgan fingerprint density at radius 3 is 2.61 bits per heavy atom. The number of nitrogens with zero attached hydrogens (tertiary/aromatic N) is 1. The molecule has 0 aromatic heterocycles. The van der Waals surface area contributed by atoms with Gasteiger partial charge in [0.05, 0.1) is 5.60 Å². The Labute approximate surface area is 111 Å². The van der Waals surface area contributed by atoms with Gasteiger partial charge >= 0.3 is 0 Å². The largest absolute Gasteiger partial charge is 0.665 e. The van der Waals surface area contributed by atoms with E-state index >= 15 is 0 Å². The maximum atomic E-state index is 9.73. The van der Waals surface area contributed by atoms with Gasteiger partial charge in [-0.25, -0.2) is 0 Å². The Morgan fingerprint density at radius 1 is 1.33 bits per heavy atom. The molecule has 1 rings (SSSR count). The van der Waals surface area contributed by atoms with Crippen LogP contribution in [0.3, 0.4) is 0 Å². The Balaban J connectivity index is 2.22. The summed E-state index contributed by atoms with van der Waals surface area (Å²) in [5, 5.41) is 17.1. The number of ether oxygens (including phenoxy) is 1. The van der Waals surface area contributed by atoms with Crippen LogP contribution in [-0.4, -0.2) is 37.3 Å². The quantitative estimate of drug-likeness (QED) is 0.719. The van der Waals surface area contributed by atoms with Crippen LogP contribution >= 0.6 is 0 Å². The summed E-state index contributed by atoms with van der Waals surface area (Å²) >= 11 is 0. The van der Waals surface area contributed by atoms with Crippen molar-refractivity contribution in [3.8, 4) is 0 Å². The summed E-state index contributed by atoms with van der Waals surface area (Å²) in [6.07, 6.45) is 4.18. The van der Waals surface area contributed by atoms with Crippen LogP contribution in [0.25, 0.3) is 5.32 Å². The molecule has 1 aliphatic carbocycles. The molecule has 0 saturated heterocycles. The lowest BCUT2D eigenvalue weighted by molar-refractivity contribution is -0.182. The van der Waals surface area contributed by atoms with Crippen molar-refractivity contribution in [1.82, 2.24) is 5.32 Å². The molecule has 0 aliphatic heterocycles. The van der Waals surface area contributed by atoms with Gasteiger partial charge in [0.1, 0.15) is 0 Å². The molecule has 108 valence electrons. The zero-order valence-electron chi connectivity index (χ0n) is 12.3. The van der Waals surface area contributed by atoms with Gasteiger partial charge < -0.3 is 15.2 Å². The van der Waals surface area contributed by atoms with Crippen molar-refractivity contribution in [2.75, 3.05) is 20.1 Å². The summed E-state index contributed by atoms with van der Waals surface area (Å²) in [5.41, 5.74) is -0.317. The summed E-state index contributed by atoms with van der Waals surface area (Å²) in [6.45, 7) is 7.64. The normalized spacial score (nSPS) is 27.2. The highest BCUT2D eigenvalue weighted by molar-refractivity contribution is 4.82. The molecule has 0 heterocycles. The smallest absolute Gasteiger partial charge is 0.214 e. The molecule has 0 spiro atoms. The predicted octanol–water partition coefficient (Wildman–Crippen LogP) is 2.48. The van der Waals surface area contributed by atoms with Gasteiger partial charge in [0.25, 0.3) is 0 Å². The van der Waals surface area contributed by atoms with Gasteiger partial charge in [0, 0.05) is 6.54 Å². The molecule has 2 N–H and O–H groups in total. The van der Waals surface area contributed by atoms with Gasteiger partial charge in [-0.2, -0.15) is 7.05 Å². The van der Waals surface area contributed by atoms with Crippen LogP contribution < -0.4 is 5.32 Å². The highest BCUT2D eigenvalue weighted by atomic mass is 16.6. The molecular formula is C14H29N2O2-. The molecule has 3 unspecified atom stereocenters. The van der Waals surface area contributed by atoms with Gasteiger partial charge in [-0.15, -0.1) is 6.54 Å². The number of aliphatic hydroxyl groups is 1. The van der Waals surface area contributed by atoms with Gasteiger partial charge in [0.2, 0.25) is 6.41 Å². The monoisotopic (exact) mass is 257 g/mol. The van der Waals surface area contributed by atoms with Crippen molar-refractivity contribution in [2.45, 2.75) is 58.5 Å². The Hall–Kier alpha value is -0.160. The first-order valence-corrected chi connectivity index (χ1v) is 7.05. The average molecular weight is 257 g/mol. The third-order valence-electron chi connectivity index (χ3n) is 3.38. The van der Waals surface area contributed by atoms with Gasteiger partial charge in [0.15, 0.2) is 0 Å². The molecule has 4 heteroatoms. The zero-order chi connectivity index (χ0) is 13.6. The van der Waals surface area contributed by atoms with Crippen molar-refractivity contribution < 1.29 is 9.84 Å². The zero-order valence-corrected chi connectivity index (χ0v) is 12.3. The van der Waals surface area contributed by atoms with E-state index in [1.807, 2.05) is 27.8 Å². The summed E-state index contributed by atoms with van der Waals surface area (Å²) in [4.78, 5) is 0. The first-order chi connectivity index (χ1) is 8.40. The molecular weight excluding hydrogens is 228 g/mol. The molecule has 0 aromatic carbocycles. The summed E-state index contributed by atoms with van der Waals surface area (Å²) in [5.74, 6) is 1.37. The van der Waals surface area contributed by atoms with E-state index in [9.17, 15) is 5.11 Å². The lowest BCUT2D eigenvalue weighted by Gasteiger charge is -2.33. The fourth-order valence-electron chi connectivity index (χ4n) is 2.66. The second kappa shape index (κ2) is 7.43. The van der Waals surface area contributed by atoms with Crippen molar-refractivity contribution in [2.24, 2.45) is 11.8 Å². The minimum atomic E-state index is -0.860. The second-order valence-corrected chi connectivity index (χ2v) is 6.39. The molecule has 1 saturated carbocycles. The van der Waals surface area contributed by atoms with E-state index < -0.39 is 6.41 Å². The first-order valence-electron chi connectivity index (χ1n) is 7.05. The van der Waals surface area contributed by atoms with Crippen LogP contribution in [0.4, 0.5) is 0 Å². The molecule has 1 aliphatic rings. The van der Waals surface area contributed by atoms with E-state index in [0.717, 1.165) is 19.0 Å². The van der Waals surface area contributed by atoms with E-state index in [1.165, 1.54) is 25.7 Å². The first kappa shape index (κ1) is 15.9. The standard InChI is InChI=1S/C14H29N2O2/c1-14(2,3)18-13(17)16-10-12-7-5-6-11(8-12)9-15-4/h11-13,16-17H,5-10H2,1-4H3/q-1. The van der Waals surface area contributed by atoms with Crippen LogP contribution in [0.2, 0.25) is 0 Å². The van der Waals surface area contributed by atoms with E-state index in [1.54, 1.807) is 0 Å². The Morgan fingerprint density at radius 2 is 2.00 bits per heavy atom. The maximum Gasteiger partial charge on any atom is 0.214 e. The van der Waals surface area contributed by atoms with Gasteiger partial charge in [-0.1, -0.05) is 18.8 Å². The number of nitrogens with one attached hydrogen (secondary N) is 1. The molecule has 0 amide bonds. The molecule has 18 heavy (non-hydrogen) atoms. The highest BCUT2D eigenvalue weighted by Crippen LogP contribution is 2.29. The molecule has 0 radical (unpaired) electrons. The third-order valence-corrected chi connectivity index (χ3v) is 3.38. The Kier molecular flexibility index (Phi) is 6.57. The molecule has 4 nitrogen and oxygen atoms in total. The Bertz CT molecular complexity index is 226. The minimum Gasteiger partial charge on any atom is -0.665 e. The summed E-state index contributed by atoms with van der Waals surface area (Å²) < 4.78 is 5.43. The fraction of sp³-hybridized carbons (Fsp3) is 1.00. The lowest BCUT2D eigenvalue weighted by Crippen LogP contribution is -2.41. The van der Waals surface area contributed by atoms with E-state index in [2.05, 4.69) is 10.6 Å². The minimum absolute atomic E-state index is 0.317. The maximum absolute atomic E-state index is 9.73. The average Bonchev–Trinajstić information content (AvgIpc) is 2.25. The molecule has 0 bridgehead atoms. The van der Waals surface area contributed by atoms with E-state index in [0.29, 0.717) is 5.92 Å². The molecule has 3 atom stereocenters. The van der Waals surface area contributed by atoms with Crippen molar-refractivity contribution in [1.29, 1.82) is 0 Å². The topological polar surface area (TPSA) is 55.6 Å². The van der Waals surface area contributed by atoms with Crippen LogP contribution in [0, 0.1) is 11.8 Å². The lowest BCUT2D eigenvalue weighted by atomic mass is 9.81. The van der Waals surface area contributed by atoms with E-state index in [4.69, 9.17) is 4.74 Å². The number of hydrogen-bond donors (Lipinski definition) is 2. The van der Waals surface area contributed by atoms with Crippen LogP contribution in [0.15, 0.2) is 0 Å². The van der Waals surface area contributed by atoms with Crippen molar-refractivity contribution in [3.63, 3.8) is 0 Å². The van der Waals surface area contributed by atoms with Crippen molar-refractivity contribution in [3.05, 3.63) is 5.32 Å². The number of rotatable bonds is 6. The van der Waals surface area contributed by atoms with Crippen LogP contribution in [0.5, 0.6) is 0 Å².